The smallest absolute Gasteiger partial charge is 0.0880 e. The molecule has 2 heteroatoms. The fourth-order valence-corrected chi connectivity index (χ4v) is 6.09. The lowest BCUT2D eigenvalue weighted by atomic mass is 9.87. The van der Waals surface area contributed by atoms with E-state index in [0.29, 0.717) is 12.0 Å². The first kappa shape index (κ1) is 21.6. The number of pyridine rings is 1. The summed E-state index contributed by atoms with van der Waals surface area (Å²) in [4.78, 5) is 5.86. The van der Waals surface area contributed by atoms with E-state index in [2.05, 4.69) is 96.1 Å². The molecular formula is C32H33NS. The van der Waals surface area contributed by atoms with E-state index in [-0.39, 0.29) is 5.41 Å². The summed E-state index contributed by atoms with van der Waals surface area (Å²) in [6.07, 6.45) is 2.90. The van der Waals surface area contributed by atoms with E-state index >= 15 is 0 Å². The first-order chi connectivity index (χ1) is 16.6. The summed E-state index contributed by atoms with van der Waals surface area (Å²) in [5.41, 5.74) is 7.43. The Morgan fingerprint density at radius 1 is 0.971 bits per heavy atom. The minimum atomic E-state index is 0.251. The molecule has 0 bridgehead atoms. The summed E-state index contributed by atoms with van der Waals surface area (Å²) in [6.45, 7) is 13.5. The molecule has 0 fully saturated rings. The van der Waals surface area contributed by atoms with Gasteiger partial charge in [-0.1, -0.05) is 77.1 Å². The fraction of sp³-hybridized carbons (Fsp3) is 0.281. The molecule has 0 unspecified atom stereocenters. The highest BCUT2D eigenvalue weighted by atomic mass is 32.1. The zero-order chi connectivity index (χ0) is 24.9. The van der Waals surface area contributed by atoms with E-state index in [0.717, 1.165) is 38.2 Å². The van der Waals surface area contributed by atoms with Crippen molar-refractivity contribution >= 4 is 32.2 Å². The summed E-state index contributed by atoms with van der Waals surface area (Å²) in [5.74, 6) is 0.416. The average molecular weight is 465 g/mol. The van der Waals surface area contributed by atoms with Gasteiger partial charge in [0, 0.05) is 16.6 Å². The zero-order valence-electron chi connectivity index (χ0n) is 22.0. The summed E-state index contributed by atoms with van der Waals surface area (Å²) in [5, 5.41) is 3.52. The van der Waals surface area contributed by atoms with Gasteiger partial charge in [-0.15, -0.1) is 11.3 Å². The molecule has 1 nitrogen and oxygen atoms in total. The van der Waals surface area contributed by atoms with Crippen LogP contribution in [0.15, 0.2) is 72.9 Å². The van der Waals surface area contributed by atoms with Crippen LogP contribution in [0.25, 0.3) is 42.6 Å². The van der Waals surface area contributed by atoms with E-state index in [1.807, 2.05) is 12.3 Å². The van der Waals surface area contributed by atoms with E-state index in [9.17, 15) is 0 Å². The van der Waals surface area contributed by atoms with Crippen LogP contribution >= 0.6 is 11.3 Å². The highest BCUT2D eigenvalue weighted by Crippen LogP contribution is 2.41. The Morgan fingerprint density at radius 3 is 2.50 bits per heavy atom. The Balaban J connectivity index is 1.67. The molecule has 172 valence electrons. The largest absolute Gasteiger partial charge is 0.255 e. The van der Waals surface area contributed by atoms with Crippen molar-refractivity contribution in [3.8, 4) is 21.7 Å². The maximum Gasteiger partial charge on any atom is 0.0880 e. The Hall–Kier alpha value is -2.97. The molecule has 2 heterocycles. The first-order valence-corrected chi connectivity index (χ1v) is 12.9. The number of hydrogen-bond donors (Lipinski definition) is 0. The van der Waals surface area contributed by atoms with Crippen molar-refractivity contribution in [2.24, 2.45) is 5.41 Å². The summed E-state index contributed by atoms with van der Waals surface area (Å²) >= 11 is 1.70. The fourth-order valence-electron chi connectivity index (χ4n) is 4.89. The summed E-state index contributed by atoms with van der Waals surface area (Å²) in [7, 11) is 0. The van der Waals surface area contributed by atoms with Gasteiger partial charge in [-0.05, 0) is 87.3 Å². The van der Waals surface area contributed by atoms with Gasteiger partial charge < -0.3 is 0 Å². The minimum Gasteiger partial charge on any atom is -0.255 e. The Morgan fingerprint density at radius 2 is 1.76 bits per heavy atom. The van der Waals surface area contributed by atoms with Crippen molar-refractivity contribution in [1.82, 2.24) is 4.98 Å². The highest BCUT2D eigenvalue weighted by Gasteiger charge is 2.16. The molecule has 0 N–H and O–H groups in total. The number of hydrogen-bond acceptors (Lipinski definition) is 2. The second-order valence-corrected chi connectivity index (χ2v) is 11.9. The van der Waals surface area contributed by atoms with Crippen LogP contribution in [0.3, 0.4) is 0 Å². The standard InChI is InChI=1S/C32H33NS/c1-20(2)28-17-25(16-23-9-7-8-10-27(23)28)30-31-24(13-14-33-30)18-29(34-31)26-12-11-22(15-21(26)3)19-32(4,5)6/h7-18,20H,19H2,1-6H3/i18D. The summed E-state index contributed by atoms with van der Waals surface area (Å²) < 4.78 is 10.1. The topological polar surface area (TPSA) is 12.9 Å². The Labute approximate surface area is 208 Å². The van der Waals surface area contributed by atoms with Crippen LogP contribution in [0, 0.1) is 12.3 Å². The van der Waals surface area contributed by atoms with Gasteiger partial charge >= 0.3 is 0 Å². The van der Waals surface area contributed by atoms with Gasteiger partial charge in [0.05, 0.1) is 11.8 Å². The third kappa shape index (κ3) is 4.40. The SMILES string of the molecule is [2H]c1c(-c2ccc(CC(C)(C)C)cc2C)sc2c(-c3cc(C(C)C)c4ccccc4c3)nccc12. The van der Waals surface area contributed by atoms with Gasteiger partial charge in [0.2, 0.25) is 0 Å². The molecule has 5 aromatic rings. The number of aryl methyl sites for hydroxylation is 1. The number of thiophene rings is 1. The second kappa shape index (κ2) is 8.67. The van der Waals surface area contributed by atoms with Gasteiger partial charge in [0.15, 0.2) is 0 Å². The van der Waals surface area contributed by atoms with E-state index in [4.69, 9.17) is 6.35 Å². The van der Waals surface area contributed by atoms with Crippen molar-refractivity contribution in [2.75, 3.05) is 0 Å². The van der Waals surface area contributed by atoms with Gasteiger partial charge in [0.1, 0.15) is 0 Å². The van der Waals surface area contributed by atoms with E-state index in [1.54, 1.807) is 11.3 Å². The third-order valence-electron chi connectivity index (χ3n) is 6.42. The zero-order valence-corrected chi connectivity index (χ0v) is 21.8. The first-order valence-electron chi connectivity index (χ1n) is 12.6. The van der Waals surface area contributed by atoms with Crippen LogP contribution in [0.2, 0.25) is 0 Å². The minimum absolute atomic E-state index is 0.251. The molecule has 0 spiro atoms. The van der Waals surface area contributed by atoms with Crippen molar-refractivity contribution in [3.63, 3.8) is 0 Å². The van der Waals surface area contributed by atoms with Crippen LogP contribution < -0.4 is 0 Å². The van der Waals surface area contributed by atoms with E-state index in [1.165, 1.54) is 27.5 Å². The van der Waals surface area contributed by atoms with Crippen molar-refractivity contribution < 1.29 is 1.37 Å². The highest BCUT2D eigenvalue weighted by molar-refractivity contribution is 7.22. The molecule has 0 aliphatic carbocycles. The molecule has 0 amide bonds. The second-order valence-electron chi connectivity index (χ2n) is 10.9. The Bertz CT molecular complexity index is 1550. The lowest BCUT2D eigenvalue weighted by molar-refractivity contribution is 0.411. The number of fused-ring (bicyclic) bond motifs is 2. The van der Waals surface area contributed by atoms with Gasteiger partial charge in [-0.3, -0.25) is 4.98 Å². The number of rotatable bonds is 4. The predicted octanol–water partition coefficient (Wildman–Crippen LogP) is 9.80. The predicted molar refractivity (Wildman–Crippen MR) is 150 cm³/mol. The number of aromatic nitrogens is 1. The summed E-state index contributed by atoms with van der Waals surface area (Å²) in [6, 6.07) is 22.5. The molecule has 3 aromatic carbocycles. The maximum atomic E-state index is 9.03. The van der Waals surface area contributed by atoms with Crippen LogP contribution in [-0.2, 0) is 6.42 Å². The lowest BCUT2D eigenvalue weighted by Gasteiger charge is -2.19. The average Bonchev–Trinajstić information content (AvgIpc) is 3.13. The molecule has 0 aliphatic heterocycles. The molecule has 0 saturated carbocycles. The molecule has 2 aromatic heterocycles. The van der Waals surface area contributed by atoms with Crippen molar-refractivity contribution in [3.05, 3.63) is 89.6 Å². The van der Waals surface area contributed by atoms with Gasteiger partial charge in [-0.2, -0.15) is 0 Å². The molecule has 0 aliphatic rings. The number of benzene rings is 3. The van der Waals surface area contributed by atoms with Crippen molar-refractivity contribution in [1.29, 1.82) is 0 Å². The number of nitrogens with zero attached hydrogens (tertiary/aromatic N) is 1. The van der Waals surface area contributed by atoms with E-state index < -0.39 is 0 Å². The maximum absolute atomic E-state index is 9.03. The van der Waals surface area contributed by atoms with Crippen LogP contribution in [0.1, 0.15) is 58.6 Å². The van der Waals surface area contributed by atoms with Gasteiger partial charge in [0.25, 0.3) is 0 Å². The van der Waals surface area contributed by atoms with Crippen LogP contribution in [0.4, 0.5) is 0 Å². The normalized spacial score (nSPS) is 12.6. The Kier molecular flexibility index (Phi) is 5.50. The monoisotopic (exact) mass is 464 g/mol. The van der Waals surface area contributed by atoms with Crippen LogP contribution in [-0.4, -0.2) is 4.98 Å². The molecule has 34 heavy (non-hydrogen) atoms. The van der Waals surface area contributed by atoms with Crippen molar-refractivity contribution in [2.45, 2.75) is 53.9 Å². The third-order valence-corrected chi connectivity index (χ3v) is 7.56. The van der Waals surface area contributed by atoms with Crippen LogP contribution in [0.5, 0.6) is 0 Å². The molecular weight excluding hydrogens is 430 g/mol. The molecule has 0 atom stereocenters. The quantitative estimate of drug-likeness (QED) is 0.258. The molecule has 0 radical (unpaired) electrons. The molecule has 5 rings (SSSR count). The lowest BCUT2D eigenvalue weighted by Crippen LogP contribution is -2.09. The molecule has 0 saturated heterocycles. The van der Waals surface area contributed by atoms with Gasteiger partial charge in [-0.25, -0.2) is 0 Å².